The van der Waals surface area contributed by atoms with E-state index in [-0.39, 0.29) is 6.04 Å². The van der Waals surface area contributed by atoms with Crippen LogP contribution in [0.2, 0.25) is 0 Å². The molecule has 0 amide bonds. The van der Waals surface area contributed by atoms with Crippen LogP contribution in [-0.2, 0) is 0 Å². The number of aromatic nitrogens is 3. The second kappa shape index (κ2) is 5.27. The normalized spacial score (nSPS) is 12.3. The van der Waals surface area contributed by atoms with Gasteiger partial charge in [0.15, 0.2) is 0 Å². The maximum absolute atomic E-state index is 6.37. The first kappa shape index (κ1) is 12.6. The van der Waals surface area contributed by atoms with Crippen molar-refractivity contribution in [3.05, 3.63) is 77.9 Å². The average molecular weight is 264 g/mol. The van der Waals surface area contributed by atoms with Crippen LogP contribution in [0.4, 0.5) is 0 Å². The lowest BCUT2D eigenvalue weighted by atomic mass is 10.1. The van der Waals surface area contributed by atoms with E-state index in [0.717, 1.165) is 22.5 Å². The topological polar surface area (TPSA) is 56.7 Å². The quantitative estimate of drug-likeness (QED) is 0.791. The highest BCUT2D eigenvalue weighted by Gasteiger charge is 2.15. The highest BCUT2D eigenvalue weighted by atomic mass is 15.3. The molecule has 0 aliphatic rings. The third-order valence-electron chi connectivity index (χ3n) is 3.25. The maximum Gasteiger partial charge on any atom is 0.0742 e. The molecule has 20 heavy (non-hydrogen) atoms. The van der Waals surface area contributed by atoms with Gasteiger partial charge in [0.2, 0.25) is 0 Å². The average Bonchev–Trinajstić information content (AvgIpc) is 2.97. The van der Waals surface area contributed by atoms with Gasteiger partial charge in [0.05, 0.1) is 17.4 Å². The minimum absolute atomic E-state index is 0.245. The predicted molar refractivity (Wildman–Crippen MR) is 78.6 cm³/mol. The third-order valence-corrected chi connectivity index (χ3v) is 3.25. The summed E-state index contributed by atoms with van der Waals surface area (Å²) in [5.41, 5.74) is 10.4. The first-order chi connectivity index (χ1) is 9.75. The molecule has 0 spiro atoms. The smallest absolute Gasteiger partial charge is 0.0742 e. The predicted octanol–water partition coefficient (Wildman–Crippen LogP) is 2.62. The highest BCUT2D eigenvalue weighted by molar-refractivity contribution is 5.36. The van der Waals surface area contributed by atoms with Gasteiger partial charge in [0.1, 0.15) is 0 Å². The fraction of sp³-hybridized carbons (Fsp3) is 0.125. The first-order valence-electron chi connectivity index (χ1n) is 6.52. The Bertz CT molecular complexity index is 703. The molecule has 0 saturated heterocycles. The number of rotatable bonds is 3. The van der Waals surface area contributed by atoms with Crippen molar-refractivity contribution in [2.75, 3.05) is 0 Å². The molecule has 0 radical (unpaired) electrons. The molecule has 2 N–H and O–H groups in total. The van der Waals surface area contributed by atoms with E-state index >= 15 is 0 Å². The maximum atomic E-state index is 6.37. The molecule has 100 valence electrons. The van der Waals surface area contributed by atoms with Gasteiger partial charge in [-0.1, -0.05) is 24.3 Å². The van der Waals surface area contributed by atoms with Crippen molar-refractivity contribution in [3.63, 3.8) is 0 Å². The minimum atomic E-state index is -0.245. The molecule has 2 aromatic heterocycles. The Labute approximate surface area is 117 Å². The summed E-state index contributed by atoms with van der Waals surface area (Å²) >= 11 is 0. The summed E-state index contributed by atoms with van der Waals surface area (Å²) in [5.74, 6) is 0. The molecule has 1 atom stereocenters. The van der Waals surface area contributed by atoms with Crippen molar-refractivity contribution in [3.8, 4) is 5.69 Å². The number of para-hydroxylation sites is 1. The summed E-state index contributed by atoms with van der Waals surface area (Å²) in [6, 6.07) is 13.7. The Kier molecular flexibility index (Phi) is 3.31. The molecular weight excluding hydrogens is 248 g/mol. The summed E-state index contributed by atoms with van der Waals surface area (Å²) in [6.45, 7) is 2.01. The molecular formula is C16H16N4. The molecule has 3 rings (SSSR count). The molecule has 0 bridgehead atoms. The van der Waals surface area contributed by atoms with Crippen LogP contribution in [0.15, 0.2) is 61.1 Å². The van der Waals surface area contributed by atoms with Crippen molar-refractivity contribution in [2.24, 2.45) is 5.73 Å². The van der Waals surface area contributed by atoms with Gasteiger partial charge in [-0.05, 0) is 36.2 Å². The van der Waals surface area contributed by atoms with E-state index in [1.165, 1.54) is 0 Å². The molecule has 0 fully saturated rings. The Morgan fingerprint density at radius 3 is 2.65 bits per heavy atom. The number of aryl methyl sites for hydroxylation is 1. The summed E-state index contributed by atoms with van der Waals surface area (Å²) in [5, 5.41) is 4.37. The van der Waals surface area contributed by atoms with Gasteiger partial charge in [-0.2, -0.15) is 5.10 Å². The molecule has 2 heterocycles. The largest absolute Gasteiger partial charge is 0.319 e. The van der Waals surface area contributed by atoms with Gasteiger partial charge in [-0.15, -0.1) is 0 Å². The number of pyridine rings is 1. The molecule has 0 aliphatic carbocycles. The number of hydrogen-bond donors (Lipinski definition) is 1. The van der Waals surface area contributed by atoms with E-state index < -0.39 is 0 Å². The number of nitrogens with zero attached hydrogens (tertiary/aromatic N) is 3. The van der Waals surface area contributed by atoms with Gasteiger partial charge in [-0.25, -0.2) is 4.68 Å². The summed E-state index contributed by atoms with van der Waals surface area (Å²) in [4.78, 5) is 4.21. The van der Waals surface area contributed by atoms with Crippen LogP contribution >= 0.6 is 0 Å². The van der Waals surface area contributed by atoms with Crippen LogP contribution in [0.25, 0.3) is 5.69 Å². The van der Waals surface area contributed by atoms with Gasteiger partial charge in [0, 0.05) is 18.6 Å². The van der Waals surface area contributed by atoms with Crippen LogP contribution in [0.1, 0.15) is 22.9 Å². The van der Waals surface area contributed by atoms with Crippen LogP contribution in [0.5, 0.6) is 0 Å². The lowest BCUT2D eigenvalue weighted by Gasteiger charge is -2.14. The SMILES string of the molecule is Cc1cncc(C(N)c2ccnn2-c2ccccc2)c1. The summed E-state index contributed by atoms with van der Waals surface area (Å²) in [6.07, 6.45) is 5.40. The molecule has 4 heteroatoms. The Balaban J connectivity index is 2.02. The number of hydrogen-bond acceptors (Lipinski definition) is 3. The molecule has 0 aliphatic heterocycles. The van der Waals surface area contributed by atoms with Crippen molar-refractivity contribution in [1.82, 2.24) is 14.8 Å². The van der Waals surface area contributed by atoms with Crippen LogP contribution in [-0.4, -0.2) is 14.8 Å². The van der Waals surface area contributed by atoms with Crippen LogP contribution in [0, 0.1) is 6.92 Å². The zero-order valence-corrected chi connectivity index (χ0v) is 11.3. The Morgan fingerprint density at radius 2 is 1.90 bits per heavy atom. The van der Waals surface area contributed by atoms with Gasteiger partial charge < -0.3 is 5.73 Å². The van der Waals surface area contributed by atoms with Crippen molar-refractivity contribution >= 4 is 0 Å². The lowest BCUT2D eigenvalue weighted by Crippen LogP contribution is -2.17. The summed E-state index contributed by atoms with van der Waals surface area (Å²) < 4.78 is 1.87. The number of nitrogens with two attached hydrogens (primary N) is 1. The van der Waals surface area contributed by atoms with Crippen molar-refractivity contribution < 1.29 is 0 Å². The van der Waals surface area contributed by atoms with Crippen LogP contribution in [0.3, 0.4) is 0 Å². The van der Waals surface area contributed by atoms with E-state index in [0.29, 0.717) is 0 Å². The second-order valence-corrected chi connectivity index (χ2v) is 4.78. The minimum Gasteiger partial charge on any atom is -0.319 e. The van der Waals surface area contributed by atoms with E-state index in [9.17, 15) is 0 Å². The fourth-order valence-corrected chi connectivity index (χ4v) is 2.25. The second-order valence-electron chi connectivity index (χ2n) is 4.78. The monoisotopic (exact) mass is 264 g/mol. The van der Waals surface area contributed by atoms with Crippen molar-refractivity contribution in [2.45, 2.75) is 13.0 Å². The van der Waals surface area contributed by atoms with Gasteiger partial charge in [-0.3, -0.25) is 4.98 Å². The highest BCUT2D eigenvalue weighted by Crippen LogP contribution is 2.21. The molecule has 1 aromatic carbocycles. The lowest BCUT2D eigenvalue weighted by molar-refractivity contribution is 0.736. The standard InChI is InChI=1S/C16H16N4/c1-12-9-13(11-18-10-12)16(17)15-7-8-19-20(15)14-5-3-2-4-6-14/h2-11,16H,17H2,1H3. The van der Waals surface area contributed by atoms with E-state index in [4.69, 9.17) is 5.73 Å². The zero-order valence-electron chi connectivity index (χ0n) is 11.3. The number of benzene rings is 1. The molecule has 0 saturated carbocycles. The van der Waals surface area contributed by atoms with Crippen molar-refractivity contribution in [1.29, 1.82) is 0 Å². The van der Waals surface area contributed by atoms with Crippen LogP contribution < -0.4 is 5.73 Å². The third kappa shape index (κ3) is 2.33. The fourth-order valence-electron chi connectivity index (χ4n) is 2.25. The summed E-state index contributed by atoms with van der Waals surface area (Å²) in [7, 11) is 0. The van der Waals surface area contributed by atoms with E-state index in [1.807, 2.05) is 54.2 Å². The Hall–Kier alpha value is -2.46. The van der Waals surface area contributed by atoms with E-state index in [1.54, 1.807) is 12.4 Å². The molecule has 1 unspecified atom stereocenters. The zero-order chi connectivity index (χ0) is 13.9. The first-order valence-corrected chi connectivity index (χ1v) is 6.52. The molecule has 3 aromatic rings. The van der Waals surface area contributed by atoms with E-state index in [2.05, 4.69) is 16.1 Å². The van der Waals surface area contributed by atoms with Gasteiger partial charge >= 0.3 is 0 Å². The molecule has 4 nitrogen and oxygen atoms in total. The van der Waals surface area contributed by atoms with Gasteiger partial charge in [0.25, 0.3) is 0 Å². The Morgan fingerprint density at radius 1 is 1.10 bits per heavy atom.